The summed E-state index contributed by atoms with van der Waals surface area (Å²) in [5, 5.41) is 1.28. The lowest BCUT2D eigenvalue weighted by Crippen LogP contribution is -1.95. The molecule has 0 heterocycles. The van der Waals surface area contributed by atoms with Gasteiger partial charge in [0.25, 0.3) is 0 Å². The first-order valence-electron chi connectivity index (χ1n) is 3.73. The molecule has 58 valence electrons. The highest BCUT2D eigenvalue weighted by Crippen LogP contribution is 2.06. The third-order valence-electron chi connectivity index (χ3n) is 1.65. The molecule has 1 rings (SSSR count). The maximum atomic E-state index is 2.72. The Labute approximate surface area is 70.5 Å². The van der Waals surface area contributed by atoms with Gasteiger partial charge < -0.3 is 0 Å². The average molecular weight is 164 g/mol. The summed E-state index contributed by atoms with van der Waals surface area (Å²) in [4.78, 5) is 0. The van der Waals surface area contributed by atoms with Gasteiger partial charge in [0.15, 0.2) is 0 Å². The SMILES string of the molecule is C/C=C/c1ccc(P)c(C)c1. The highest BCUT2D eigenvalue weighted by Gasteiger charge is 1.91. The molecule has 0 aliphatic rings. The van der Waals surface area contributed by atoms with E-state index in [4.69, 9.17) is 0 Å². The van der Waals surface area contributed by atoms with Gasteiger partial charge >= 0.3 is 0 Å². The topological polar surface area (TPSA) is 0 Å². The summed E-state index contributed by atoms with van der Waals surface area (Å²) in [5.74, 6) is 0. The van der Waals surface area contributed by atoms with E-state index in [2.05, 4.69) is 46.5 Å². The van der Waals surface area contributed by atoms with Crippen LogP contribution >= 0.6 is 9.24 Å². The minimum absolute atomic E-state index is 1.27. The molecular weight excluding hydrogens is 151 g/mol. The van der Waals surface area contributed by atoms with E-state index in [0.717, 1.165) is 0 Å². The quantitative estimate of drug-likeness (QED) is 0.559. The molecule has 1 aromatic carbocycles. The Morgan fingerprint density at radius 3 is 2.64 bits per heavy atom. The van der Waals surface area contributed by atoms with Crippen molar-refractivity contribution in [2.24, 2.45) is 0 Å². The number of allylic oxidation sites excluding steroid dienone is 1. The van der Waals surface area contributed by atoms with Crippen LogP contribution in [-0.4, -0.2) is 0 Å². The second kappa shape index (κ2) is 3.69. The predicted octanol–water partition coefficient (Wildman–Crippen LogP) is 2.53. The standard InChI is InChI=1S/C10H13P/c1-3-4-9-5-6-10(11)8(2)7-9/h3-7H,11H2,1-2H3/b4-3+. The third-order valence-corrected chi connectivity index (χ3v) is 2.30. The lowest BCUT2D eigenvalue weighted by atomic mass is 10.1. The van der Waals surface area contributed by atoms with Gasteiger partial charge in [-0.3, -0.25) is 0 Å². The van der Waals surface area contributed by atoms with Crippen LogP contribution in [0.1, 0.15) is 18.1 Å². The summed E-state index contributed by atoms with van der Waals surface area (Å²) in [6, 6.07) is 6.42. The maximum Gasteiger partial charge on any atom is -0.0257 e. The Bertz CT molecular complexity index is 274. The first-order chi connectivity index (χ1) is 5.24. The number of aryl methyl sites for hydroxylation is 1. The van der Waals surface area contributed by atoms with Gasteiger partial charge in [0.1, 0.15) is 0 Å². The second-order valence-electron chi connectivity index (χ2n) is 2.62. The number of hydrogen-bond donors (Lipinski definition) is 0. The van der Waals surface area contributed by atoms with E-state index >= 15 is 0 Å². The molecule has 0 aliphatic carbocycles. The molecule has 1 atom stereocenters. The van der Waals surface area contributed by atoms with Crippen molar-refractivity contribution in [3.05, 3.63) is 35.4 Å². The summed E-state index contributed by atoms with van der Waals surface area (Å²) in [5.41, 5.74) is 2.60. The molecule has 1 aromatic rings. The van der Waals surface area contributed by atoms with E-state index in [1.165, 1.54) is 16.4 Å². The molecule has 1 unspecified atom stereocenters. The first kappa shape index (κ1) is 8.49. The van der Waals surface area contributed by atoms with Gasteiger partial charge in [-0.2, -0.15) is 0 Å². The van der Waals surface area contributed by atoms with E-state index in [1.807, 2.05) is 6.92 Å². The highest BCUT2D eigenvalue weighted by molar-refractivity contribution is 7.27. The molecule has 0 spiro atoms. The van der Waals surface area contributed by atoms with E-state index < -0.39 is 0 Å². The van der Waals surface area contributed by atoms with Crippen LogP contribution in [0, 0.1) is 6.92 Å². The van der Waals surface area contributed by atoms with Gasteiger partial charge in [-0.25, -0.2) is 0 Å². The lowest BCUT2D eigenvalue weighted by molar-refractivity contribution is 1.50. The van der Waals surface area contributed by atoms with Crippen molar-refractivity contribution in [2.45, 2.75) is 13.8 Å². The van der Waals surface area contributed by atoms with Gasteiger partial charge in [0.2, 0.25) is 0 Å². The monoisotopic (exact) mass is 164 g/mol. The van der Waals surface area contributed by atoms with Crippen LogP contribution in [0.25, 0.3) is 6.08 Å². The minimum atomic E-state index is 1.27. The summed E-state index contributed by atoms with van der Waals surface area (Å²) in [6.07, 6.45) is 4.16. The fraction of sp³-hybridized carbons (Fsp3) is 0.200. The van der Waals surface area contributed by atoms with Crippen LogP contribution in [0.2, 0.25) is 0 Å². The van der Waals surface area contributed by atoms with Crippen LogP contribution < -0.4 is 5.30 Å². The third kappa shape index (κ3) is 2.17. The Morgan fingerprint density at radius 2 is 2.09 bits per heavy atom. The minimum Gasteiger partial charge on any atom is -0.105 e. The van der Waals surface area contributed by atoms with Gasteiger partial charge in [-0.05, 0) is 30.3 Å². The normalized spacial score (nSPS) is 10.8. The van der Waals surface area contributed by atoms with Gasteiger partial charge in [0.05, 0.1) is 0 Å². The Kier molecular flexibility index (Phi) is 2.84. The van der Waals surface area contributed by atoms with Crippen molar-refractivity contribution in [1.82, 2.24) is 0 Å². The van der Waals surface area contributed by atoms with Crippen molar-refractivity contribution in [3.63, 3.8) is 0 Å². The van der Waals surface area contributed by atoms with Gasteiger partial charge in [-0.1, -0.05) is 30.4 Å². The number of rotatable bonds is 1. The van der Waals surface area contributed by atoms with E-state index in [0.29, 0.717) is 0 Å². The van der Waals surface area contributed by atoms with E-state index in [1.54, 1.807) is 0 Å². The number of hydrogen-bond acceptors (Lipinski definition) is 0. The number of benzene rings is 1. The molecule has 0 N–H and O–H groups in total. The molecule has 0 radical (unpaired) electrons. The Hall–Kier alpha value is -0.610. The average Bonchev–Trinajstić information content (AvgIpc) is 1.98. The molecular formula is C10H13P. The van der Waals surface area contributed by atoms with Gasteiger partial charge in [0, 0.05) is 0 Å². The Morgan fingerprint density at radius 1 is 1.36 bits per heavy atom. The summed E-state index contributed by atoms with van der Waals surface area (Å²) in [7, 11) is 2.72. The summed E-state index contributed by atoms with van der Waals surface area (Å²) < 4.78 is 0. The zero-order chi connectivity index (χ0) is 8.27. The highest BCUT2D eigenvalue weighted by atomic mass is 31.0. The molecule has 0 nitrogen and oxygen atoms in total. The van der Waals surface area contributed by atoms with Crippen molar-refractivity contribution in [1.29, 1.82) is 0 Å². The smallest absolute Gasteiger partial charge is 0.0257 e. The Balaban J connectivity index is 3.05. The molecule has 0 fully saturated rings. The maximum absolute atomic E-state index is 2.72. The predicted molar refractivity (Wildman–Crippen MR) is 55.2 cm³/mol. The summed E-state index contributed by atoms with van der Waals surface area (Å²) in [6.45, 7) is 4.15. The lowest BCUT2D eigenvalue weighted by Gasteiger charge is -1.99. The molecule has 0 aliphatic heterocycles. The van der Waals surface area contributed by atoms with Crippen LogP contribution in [0.3, 0.4) is 0 Å². The molecule has 0 bridgehead atoms. The molecule has 0 amide bonds. The van der Waals surface area contributed by atoms with Crippen molar-refractivity contribution in [2.75, 3.05) is 0 Å². The largest absolute Gasteiger partial charge is 0.105 e. The van der Waals surface area contributed by atoms with E-state index in [-0.39, 0.29) is 0 Å². The zero-order valence-electron chi connectivity index (χ0n) is 6.96. The van der Waals surface area contributed by atoms with Crippen molar-refractivity contribution < 1.29 is 0 Å². The fourth-order valence-electron chi connectivity index (χ4n) is 0.995. The fourth-order valence-corrected chi connectivity index (χ4v) is 1.17. The van der Waals surface area contributed by atoms with Crippen LogP contribution in [0.5, 0.6) is 0 Å². The second-order valence-corrected chi connectivity index (χ2v) is 3.24. The molecule has 11 heavy (non-hydrogen) atoms. The van der Waals surface area contributed by atoms with Crippen LogP contribution in [0.4, 0.5) is 0 Å². The van der Waals surface area contributed by atoms with Crippen LogP contribution in [-0.2, 0) is 0 Å². The first-order valence-corrected chi connectivity index (χ1v) is 4.30. The zero-order valence-corrected chi connectivity index (χ0v) is 8.12. The van der Waals surface area contributed by atoms with Crippen LogP contribution in [0.15, 0.2) is 24.3 Å². The van der Waals surface area contributed by atoms with E-state index in [9.17, 15) is 0 Å². The van der Waals surface area contributed by atoms with Crippen molar-refractivity contribution in [3.8, 4) is 0 Å². The molecule has 0 aromatic heterocycles. The van der Waals surface area contributed by atoms with Crippen molar-refractivity contribution >= 4 is 20.6 Å². The summed E-state index contributed by atoms with van der Waals surface area (Å²) >= 11 is 0. The van der Waals surface area contributed by atoms with Gasteiger partial charge in [-0.15, -0.1) is 9.24 Å². The molecule has 0 saturated heterocycles. The molecule has 0 saturated carbocycles. The molecule has 1 heteroatoms.